The second-order valence-corrected chi connectivity index (χ2v) is 24.6. The van der Waals surface area contributed by atoms with E-state index in [4.69, 9.17) is 12.3 Å². The lowest BCUT2D eigenvalue weighted by molar-refractivity contribution is 0.298. The monoisotopic (exact) mass is 353 g/mol. The van der Waals surface area contributed by atoms with Gasteiger partial charge >= 0.3 is 17.1 Å². The number of rotatable bonds is 8. The van der Waals surface area contributed by atoms with Gasteiger partial charge in [-0.3, -0.25) is 0 Å². The van der Waals surface area contributed by atoms with E-state index in [0.29, 0.717) is 0 Å². The molecule has 0 saturated heterocycles. The summed E-state index contributed by atoms with van der Waals surface area (Å²) >= 11 is 0. The highest BCUT2D eigenvalue weighted by atomic mass is 28.5. The van der Waals surface area contributed by atoms with Crippen molar-refractivity contribution in [3.63, 3.8) is 0 Å². The van der Waals surface area contributed by atoms with Crippen LogP contribution in [-0.4, -0.2) is 58.9 Å². The first kappa shape index (κ1) is 20.7. The fourth-order valence-electron chi connectivity index (χ4n) is 2.59. The molecule has 0 bridgehead atoms. The number of nitrogens with zero attached hydrogens (tertiary/aromatic N) is 1. The van der Waals surface area contributed by atoms with Crippen LogP contribution in [0.4, 0.5) is 0 Å². The molecule has 1 atom stereocenters. The van der Waals surface area contributed by atoms with Crippen LogP contribution in [0.3, 0.4) is 0 Å². The Kier molecular flexibility index (Phi) is 7.10. The molecule has 0 aromatic carbocycles. The van der Waals surface area contributed by atoms with Gasteiger partial charge < -0.3 is 17.2 Å². The van der Waals surface area contributed by atoms with Gasteiger partial charge in [-0.2, -0.15) is 0 Å². The van der Waals surface area contributed by atoms with Gasteiger partial charge in [-0.1, -0.05) is 0 Å². The molecule has 0 radical (unpaired) electrons. The smallest absolute Gasteiger partial charge is 0.330 e. The van der Waals surface area contributed by atoms with Crippen molar-refractivity contribution in [1.82, 2.24) is 4.90 Å². The van der Waals surface area contributed by atoms with Gasteiger partial charge in [-0.05, 0) is 73.0 Å². The van der Waals surface area contributed by atoms with Crippen LogP contribution in [0.15, 0.2) is 0 Å². The lowest BCUT2D eigenvalue weighted by atomic mass is 11.0. The SMILES string of the molecule is CN(C)C[Si](C)(O[Si](C)(C)C)O[Si](C)(C)O[Si](C)(C)C. The molecule has 4 nitrogen and oxygen atoms in total. The van der Waals surface area contributed by atoms with Gasteiger partial charge in [0.1, 0.15) is 0 Å². The Morgan fingerprint density at radius 1 is 0.650 bits per heavy atom. The molecule has 0 heterocycles. The highest BCUT2D eigenvalue weighted by molar-refractivity contribution is 6.89. The minimum atomic E-state index is -2.24. The second kappa shape index (κ2) is 6.86. The van der Waals surface area contributed by atoms with Crippen molar-refractivity contribution >= 4 is 33.8 Å². The minimum absolute atomic E-state index is 0.878. The number of hydrogen-bond acceptors (Lipinski definition) is 4. The van der Waals surface area contributed by atoms with Gasteiger partial charge in [0, 0.05) is 6.17 Å². The Labute approximate surface area is 130 Å². The van der Waals surface area contributed by atoms with E-state index in [1.54, 1.807) is 0 Å². The fraction of sp³-hybridized carbons (Fsp3) is 1.00. The lowest BCUT2D eigenvalue weighted by Gasteiger charge is -2.42. The van der Waals surface area contributed by atoms with Gasteiger partial charge in [0.2, 0.25) is 0 Å². The molecule has 0 aliphatic rings. The van der Waals surface area contributed by atoms with E-state index in [9.17, 15) is 0 Å². The largest absolute Gasteiger partial charge is 0.437 e. The first-order chi connectivity index (χ1) is 8.54. The van der Waals surface area contributed by atoms with E-state index in [2.05, 4.69) is 77.9 Å². The third-order valence-corrected chi connectivity index (χ3v) is 15.6. The topological polar surface area (TPSA) is 30.9 Å². The fourth-order valence-corrected chi connectivity index (χ4v) is 20.6. The maximum absolute atomic E-state index is 6.55. The van der Waals surface area contributed by atoms with Crippen LogP contribution in [0.1, 0.15) is 0 Å². The average molecular weight is 354 g/mol. The van der Waals surface area contributed by atoms with Crippen molar-refractivity contribution in [3.05, 3.63) is 0 Å². The molecule has 0 fully saturated rings. The summed E-state index contributed by atoms with van der Waals surface area (Å²) in [5, 5.41) is 0. The quantitative estimate of drug-likeness (QED) is 0.624. The van der Waals surface area contributed by atoms with Crippen molar-refractivity contribution in [2.45, 2.75) is 58.9 Å². The van der Waals surface area contributed by atoms with Crippen molar-refractivity contribution < 1.29 is 12.3 Å². The number of hydrogen-bond donors (Lipinski definition) is 0. The van der Waals surface area contributed by atoms with Crippen LogP contribution in [0.2, 0.25) is 58.9 Å². The Morgan fingerprint density at radius 2 is 1.05 bits per heavy atom. The van der Waals surface area contributed by atoms with Crippen LogP contribution in [0.25, 0.3) is 0 Å². The summed E-state index contributed by atoms with van der Waals surface area (Å²) in [5.41, 5.74) is 0. The van der Waals surface area contributed by atoms with Gasteiger partial charge in [0.25, 0.3) is 0 Å². The van der Waals surface area contributed by atoms with Crippen LogP contribution in [0.5, 0.6) is 0 Å². The minimum Gasteiger partial charge on any atom is -0.437 e. The zero-order valence-electron chi connectivity index (χ0n) is 15.4. The molecule has 0 rings (SSSR count). The van der Waals surface area contributed by atoms with E-state index in [-0.39, 0.29) is 0 Å². The third-order valence-electron chi connectivity index (χ3n) is 2.14. The van der Waals surface area contributed by atoms with Crippen molar-refractivity contribution in [2.75, 3.05) is 20.3 Å². The maximum atomic E-state index is 6.55. The molecule has 0 saturated carbocycles. The average Bonchev–Trinajstić information content (AvgIpc) is 1.86. The van der Waals surface area contributed by atoms with Gasteiger partial charge in [-0.15, -0.1) is 0 Å². The molecule has 0 aromatic heterocycles. The van der Waals surface area contributed by atoms with Crippen molar-refractivity contribution in [2.24, 2.45) is 0 Å². The normalized spacial score (nSPS) is 17.4. The van der Waals surface area contributed by atoms with Gasteiger partial charge in [0.15, 0.2) is 16.6 Å². The molecule has 0 aliphatic carbocycles. The van der Waals surface area contributed by atoms with E-state index in [1.165, 1.54) is 0 Å². The molecule has 8 heteroatoms. The van der Waals surface area contributed by atoms with E-state index in [0.717, 1.165) is 6.17 Å². The lowest BCUT2D eigenvalue weighted by Crippen LogP contribution is -2.60. The van der Waals surface area contributed by atoms with Gasteiger partial charge in [-0.25, -0.2) is 0 Å². The predicted octanol–water partition coefficient (Wildman–Crippen LogP) is 3.58. The van der Waals surface area contributed by atoms with E-state index >= 15 is 0 Å². The van der Waals surface area contributed by atoms with Crippen molar-refractivity contribution in [1.29, 1.82) is 0 Å². The maximum Gasteiger partial charge on any atom is 0.330 e. The second-order valence-electron chi connectivity index (χ2n) is 8.30. The molecule has 122 valence electrons. The molecular formula is C12H35NO3Si4. The predicted molar refractivity (Wildman–Crippen MR) is 97.6 cm³/mol. The van der Waals surface area contributed by atoms with Crippen LogP contribution in [-0.2, 0) is 12.3 Å². The summed E-state index contributed by atoms with van der Waals surface area (Å²) in [6, 6.07) is 0. The van der Waals surface area contributed by atoms with Crippen LogP contribution in [0, 0.1) is 0 Å². The van der Waals surface area contributed by atoms with E-state index in [1.807, 2.05) is 0 Å². The molecule has 1 unspecified atom stereocenters. The molecule has 0 aliphatic heterocycles. The Morgan fingerprint density at radius 3 is 1.35 bits per heavy atom. The molecular weight excluding hydrogens is 318 g/mol. The molecule has 0 amide bonds. The summed E-state index contributed by atoms with van der Waals surface area (Å²) in [6.45, 7) is 19.8. The third kappa shape index (κ3) is 10.4. The zero-order valence-corrected chi connectivity index (χ0v) is 19.4. The van der Waals surface area contributed by atoms with Crippen LogP contribution < -0.4 is 0 Å². The molecule has 20 heavy (non-hydrogen) atoms. The van der Waals surface area contributed by atoms with Gasteiger partial charge in [0.05, 0.1) is 0 Å². The highest BCUT2D eigenvalue weighted by Gasteiger charge is 2.44. The first-order valence-corrected chi connectivity index (χ1v) is 19.4. The summed E-state index contributed by atoms with van der Waals surface area (Å²) in [6.07, 6.45) is 0.878. The summed E-state index contributed by atoms with van der Waals surface area (Å²) < 4.78 is 19.3. The summed E-state index contributed by atoms with van der Waals surface area (Å²) in [5.74, 6) is 0. The Balaban J connectivity index is 5.06. The molecule has 0 spiro atoms. The van der Waals surface area contributed by atoms with E-state index < -0.39 is 33.8 Å². The summed E-state index contributed by atoms with van der Waals surface area (Å²) in [4.78, 5) is 2.17. The van der Waals surface area contributed by atoms with Crippen LogP contribution >= 0.6 is 0 Å². The highest BCUT2D eigenvalue weighted by Crippen LogP contribution is 2.24. The Hall–Kier alpha value is 0.708. The first-order valence-electron chi connectivity index (χ1n) is 7.29. The zero-order chi connectivity index (χ0) is 16.4. The Bertz CT molecular complexity index is 313. The molecule has 0 aromatic rings. The van der Waals surface area contributed by atoms with Crippen molar-refractivity contribution in [3.8, 4) is 0 Å². The standard InChI is InChI=1S/C12H35NO3Si4/c1-13(2)12-20(11,15-18(6,7)8)16-19(9,10)14-17(3,4)5/h12H2,1-11H3. The molecule has 0 N–H and O–H groups in total. The summed E-state index contributed by atoms with van der Waals surface area (Å²) in [7, 11) is -3.44.